The molecule has 2 unspecified atom stereocenters. The van der Waals surface area contributed by atoms with Gasteiger partial charge in [-0.05, 0) is 66.5 Å². The smallest absolute Gasteiger partial charge is 0.271 e. The average Bonchev–Trinajstić information content (AvgIpc) is 2.59. The molecule has 0 bridgehead atoms. The number of fused-ring (bicyclic) bond motifs is 1. The van der Waals surface area contributed by atoms with Gasteiger partial charge in [-0.25, -0.2) is 0 Å². The van der Waals surface area contributed by atoms with Crippen molar-refractivity contribution in [1.82, 2.24) is 10.3 Å². The molecule has 0 fully saturated rings. The Bertz CT molecular complexity index is 801. The molecular formula is C18H22IN3O3S. The lowest BCUT2D eigenvalue weighted by Gasteiger charge is -2.20. The van der Waals surface area contributed by atoms with Gasteiger partial charge in [-0.2, -0.15) is 0 Å². The number of hydrogen-bond donors (Lipinski definition) is 1. The van der Waals surface area contributed by atoms with E-state index in [0.717, 1.165) is 20.0 Å². The van der Waals surface area contributed by atoms with Crippen LogP contribution >= 0.6 is 34.4 Å². The Hall–Kier alpha value is -1.55. The molecule has 140 valence electrons. The van der Waals surface area contributed by atoms with Crippen LogP contribution in [0.2, 0.25) is 0 Å². The van der Waals surface area contributed by atoms with E-state index < -0.39 is 5.44 Å². The van der Waals surface area contributed by atoms with Gasteiger partial charge in [0, 0.05) is 33.8 Å². The van der Waals surface area contributed by atoms with Crippen molar-refractivity contribution < 1.29 is 14.4 Å². The quantitative estimate of drug-likeness (QED) is 0.266. The van der Waals surface area contributed by atoms with Gasteiger partial charge in [0.15, 0.2) is 0 Å². The molecule has 0 aliphatic rings. The number of halogens is 1. The second-order valence-corrected chi connectivity index (χ2v) is 7.91. The predicted molar refractivity (Wildman–Crippen MR) is 115 cm³/mol. The van der Waals surface area contributed by atoms with E-state index in [0.29, 0.717) is 12.2 Å². The van der Waals surface area contributed by atoms with Crippen LogP contribution in [-0.4, -0.2) is 41.9 Å². The molecule has 0 saturated carbocycles. The molecule has 1 amide bonds. The van der Waals surface area contributed by atoms with Crippen LogP contribution in [0.1, 0.15) is 18.9 Å². The number of ether oxygens (including phenoxy) is 1. The molecule has 0 saturated heterocycles. The number of thioether (sulfide) groups is 1. The van der Waals surface area contributed by atoms with Crippen molar-refractivity contribution in [3.63, 3.8) is 0 Å². The Morgan fingerprint density at radius 1 is 1.46 bits per heavy atom. The van der Waals surface area contributed by atoms with Gasteiger partial charge < -0.3 is 14.9 Å². The molecule has 26 heavy (non-hydrogen) atoms. The van der Waals surface area contributed by atoms with E-state index in [1.165, 1.54) is 18.9 Å². The van der Waals surface area contributed by atoms with Gasteiger partial charge in [0.05, 0.1) is 5.52 Å². The van der Waals surface area contributed by atoms with Crippen LogP contribution in [0.15, 0.2) is 29.6 Å². The Morgan fingerprint density at radius 3 is 2.92 bits per heavy atom. The summed E-state index contributed by atoms with van der Waals surface area (Å²) in [5.41, 5.74) is 1.32. The van der Waals surface area contributed by atoms with E-state index in [4.69, 9.17) is 4.74 Å². The van der Waals surface area contributed by atoms with Gasteiger partial charge in [0.1, 0.15) is 12.9 Å². The van der Waals surface area contributed by atoms with Crippen LogP contribution in [-0.2, 0) is 9.63 Å². The monoisotopic (exact) mass is 487 g/mol. The lowest BCUT2D eigenvalue weighted by molar-refractivity contribution is -0.125. The van der Waals surface area contributed by atoms with E-state index in [-0.39, 0.29) is 11.9 Å². The van der Waals surface area contributed by atoms with Crippen LogP contribution in [0.4, 0.5) is 0 Å². The second kappa shape index (κ2) is 9.96. The molecule has 1 aromatic heterocycles. The first-order chi connectivity index (χ1) is 12.4. The van der Waals surface area contributed by atoms with Gasteiger partial charge in [0.2, 0.25) is 5.44 Å². The maximum absolute atomic E-state index is 12.5. The third kappa shape index (κ3) is 5.73. The number of oxime groups is 1. The first-order valence-electron chi connectivity index (χ1n) is 8.05. The molecule has 2 rings (SSSR count). The molecule has 8 heteroatoms. The highest BCUT2D eigenvalue weighted by atomic mass is 127. The van der Waals surface area contributed by atoms with Crippen molar-refractivity contribution >= 4 is 57.4 Å². The summed E-state index contributed by atoms with van der Waals surface area (Å²) in [6.45, 7) is 3.89. The van der Waals surface area contributed by atoms with E-state index in [9.17, 15) is 4.79 Å². The molecule has 0 spiro atoms. The fraction of sp³-hybridized carbons (Fsp3) is 0.389. The van der Waals surface area contributed by atoms with Gasteiger partial charge in [-0.15, -0.1) is 11.8 Å². The first kappa shape index (κ1) is 20.8. The molecule has 0 aliphatic heterocycles. The molecule has 2 atom stereocenters. The average molecular weight is 487 g/mol. The molecule has 1 aromatic carbocycles. The third-order valence-electron chi connectivity index (χ3n) is 3.61. The fourth-order valence-corrected chi connectivity index (χ4v) is 3.38. The molecule has 2 aromatic rings. The minimum Gasteiger partial charge on any atom is -0.470 e. The maximum Gasteiger partial charge on any atom is 0.271 e. The zero-order chi connectivity index (χ0) is 19.1. The number of carbonyl (C=O) groups is 1. The zero-order valence-electron chi connectivity index (χ0n) is 15.2. The topological polar surface area (TPSA) is 72.8 Å². The Labute approximate surface area is 171 Å². The molecule has 0 aliphatic carbocycles. The first-order valence-corrected chi connectivity index (χ1v) is 10.4. The van der Waals surface area contributed by atoms with Gasteiger partial charge in [0.25, 0.3) is 5.91 Å². The minimum atomic E-state index is -0.635. The van der Waals surface area contributed by atoms with E-state index >= 15 is 0 Å². The Kier molecular flexibility index (Phi) is 7.95. The number of benzene rings is 1. The molecule has 1 N–H and O–H groups in total. The van der Waals surface area contributed by atoms with E-state index in [1.807, 2.05) is 44.5 Å². The van der Waals surface area contributed by atoms with Crippen LogP contribution in [0.25, 0.3) is 10.9 Å². The number of aryl methyl sites for hydroxylation is 1. The van der Waals surface area contributed by atoms with Crippen molar-refractivity contribution in [2.45, 2.75) is 31.7 Å². The number of hydrogen-bond acceptors (Lipinski definition) is 6. The van der Waals surface area contributed by atoms with Crippen molar-refractivity contribution in [2.75, 3.05) is 13.4 Å². The van der Waals surface area contributed by atoms with Crippen molar-refractivity contribution in [3.05, 3.63) is 33.5 Å². The SMILES string of the molecule is CO/N=C/CC(C)NC(=O)C(Oc1cc(C)c2ncc(I)cc2c1)SC. The molecule has 0 radical (unpaired) electrons. The number of amides is 1. The number of aromatic nitrogens is 1. The van der Waals surface area contributed by atoms with E-state index in [1.54, 1.807) is 6.21 Å². The number of nitrogens with zero attached hydrogens (tertiary/aromatic N) is 2. The number of rotatable bonds is 8. The van der Waals surface area contributed by atoms with Crippen molar-refractivity contribution in [3.8, 4) is 5.75 Å². The highest BCUT2D eigenvalue weighted by molar-refractivity contribution is 14.1. The summed E-state index contributed by atoms with van der Waals surface area (Å²) in [5.74, 6) is 0.483. The van der Waals surface area contributed by atoms with Crippen molar-refractivity contribution in [1.29, 1.82) is 0 Å². The summed E-state index contributed by atoms with van der Waals surface area (Å²) in [5, 5.41) is 7.60. The molecule has 1 heterocycles. The number of carbonyl (C=O) groups excluding carboxylic acids is 1. The summed E-state index contributed by atoms with van der Waals surface area (Å²) in [6.07, 6.45) is 5.89. The summed E-state index contributed by atoms with van der Waals surface area (Å²) in [7, 11) is 1.49. The van der Waals surface area contributed by atoms with Crippen LogP contribution in [0, 0.1) is 10.5 Å². The van der Waals surface area contributed by atoms with Crippen LogP contribution in [0.3, 0.4) is 0 Å². The highest BCUT2D eigenvalue weighted by Gasteiger charge is 2.21. The van der Waals surface area contributed by atoms with Gasteiger partial charge in [-0.3, -0.25) is 9.78 Å². The number of nitrogens with one attached hydrogen (secondary N) is 1. The summed E-state index contributed by atoms with van der Waals surface area (Å²) in [6, 6.07) is 5.81. The number of pyridine rings is 1. The summed E-state index contributed by atoms with van der Waals surface area (Å²) in [4.78, 5) is 21.6. The minimum absolute atomic E-state index is 0.0660. The van der Waals surface area contributed by atoms with E-state index in [2.05, 4.69) is 42.9 Å². The van der Waals surface area contributed by atoms with Gasteiger partial charge in [-0.1, -0.05) is 5.16 Å². The lowest BCUT2D eigenvalue weighted by Crippen LogP contribution is -2.41. The van der Waals surface area contributed by atoms with Crippen LogP contribution in [0.5, 0.6) is 5.75 Å². The normalized spacial score (nSPS) is 13.6. The molecule has 6 nitrogen and oxygen atoms in total. The second-order valence-electron chi connectivity index (χ2n) is 5.77. The summed E-state index contributed by atoms with van der Waals surface area (Å²) < 4.78 is 7.00. The largest absolute Gasteiger partial charge is 0.470 e. The highest BCUT2D eigenvalue weighted by Crippen LogP contribution is 2.26. The molecular weight excluding hydrogens is 465 g/mol. The van der Waals surface area contributed by atoms with Crippen LogP contribution < -0.4 is 10.1 Å². The Balaban J connectivity index is 2.10. The predicted octanol–water partition coefficient (Wildman–Crippen LogP) is 3.74. The summed E-state index contributed by atoms with van der Waals surface area (Å²) >= 11 is 3.58. The Morgan fingerprint density at radius 2 is 2.23 bits per heavy atom. The lowest BCUT2D eigenvalue weighted by atomic mass is 10.1. The standard InChI is InChI=1S/C18H22IN3O3S/c1-11-7-15(9-13-8-14(19)10-20-16(11)13)25-18(26-4)17(23)22-12(2)5-6-21-24-3/h6-10,12,18H,5H2,1-4H3,(H,22,23)/b21-6+. The fourth-order valence-electron chi connectivity index (χ4n) is 2.42. The zero-order valence-corrected chi connectivity index (χ0v) is 18.1. The van der Waals surface area contributed by atoms with Gasteiger partial charge >= 0.3 is 0 Å². The van der Waals surface area contributed by atoms with Crippen molar-refractivity contribution in [2.24, 2.45) is 5.16 Å². The third-order valence-corrected chi connectivity index (χ3v) is 4.94. The maximum atomic E-state index is 12.5.